The Labute approximate surface area is 229 Å². The van der Waals surface area contributed by atoms with E-state index in [1.54, 1.807) is 0 Å². The normalized spacial score (nSPS) is 12.2. The number of carboxylic acid groups (broad SMARTS) is 3. The number of hydrogen-bond acceptors (Lipinski definition) is 5. The molecular weight excluding hydrogens is 498 g/mol. The molecule has 0 bridgehead atoms. The van der Waals surface area contributed by atoms with E-state index in [0.717, 1.165) is 48.9 Å². The lowest BCUT2D eigenvalue weighted by Crippen LogP contribution is -2.23. The number of hydrogen-bond donors (Lipinski definition) is 5. The Hall–Kier alpha value is -4.01. The number of carboxylic acids is 3. The van der Waals surface area contributed by atoms with E-state index in [-0.39, 0.29) is 5.92 Å². The van der Waals surface area contributed by atoms with Gasteiger partial charge in [0.15, 0.2) is 0 Å². The highest BCUT2D eigenvalue weighted by Gasteiger charge is 2.30. The van der Waals surface area contributed by atoms with Gasteiger partial charge in [-0.2, -0.15) is 0 Å². The zero-order valence-electron chi connectivity index (χ0n) is 21.9. The van der Waals surface area contributed by atoms with Gasteiger partial charge >= 0.3 is 17.9 Å². The third-order valence-corrected chi connectivity index (χ3v) is 6.36. The molecule has 0 fully saturated rings. The van der Waals surface area contributed by atoms with Crippen LogP contribution >= 0.6 is 0 Å². The summed E-state index contributed by atoms with van der Waals surface area (Å²) >= 11 is 0. The van der Waals surface area contributed by atoms with E-state index in [1.807, 2.05) is 91.0 Å². The molecule has 3 aromatic rings. The topological polar surface area (TPSA) is 144 Å². The Kier molecular flexibility index (Phi) is 14.0. The van der Waals surface area contributed by atoms with Gasteiger partial charge in [0.25, 0.3) is 0 Å². The number of aliphatic carboxylic acids is 3. The van der Waals surface area contributed by atoms with Crippen LogP contribution in [0.25, 0.3) is 0 Å². The smallest absolute Gasteiger partial charge is 0.414 e. The zero-order chi connectivity index (χ0) is 28.5. The third-order valence-electron chi connectivity index (χ3n) is 6.36. The molecule has 0 heterocycles. The Balaban J connectivity index is 0.000000798. The minimum absolute atomic E-state index is 0.147. The molecule has 0 aliphatic heterocycles. The molecule has 2 unspecified atom stereocenters. The molecular formula is C31H37NO7. The molecule has 0 aromatic heterocycles. The Bertz CT molecular complexity index is 1070. The van der Waals surface area contributed by atoms with Crippen molar-refractivity contribution in [1.82, 2.24) is 5.32 Å². The molecule has 8 heteroatoms. The van der Waals surface area contributed by atoms with Gasteiger partial charge in [-0.3, -0.25) is 4.79 Å². The lowest BCUT2D eigenvalue weighted by Gasteiger charge is -2.25. The van der Waals surface area contributed by atoms with Crippen molar-refractivity contribution < 1.29 is 34.8 Å². The predicted octanol–water partition coefficient (Wildman–Crippen LogP) is 4.95. The second kappa shape index (κ2) is 17.5. The fourth-order valence-electron chi connectivity index (χ4n) is 4.41. The van der Waals surface area contributed by atoms with Crippen LogP contribution in [0, 0.1) is 5.92 Å². The highest BCUT2D eigenvalue weighted by atomic mass is 16.4. The first kappa shape index (κ1) is 31.2. The molecule has 0 radical (unpaired) electrons. The van der Waals surface area contributed by atoms with Crippen LogP contribution in [0.4, 0.5) is 0 Å². The summed E-state index contributed by atoms with van der Waals surface area (Å²) in [6, 6.07) is 29.6. The third kappa shape index (κ3) is 11.5. The lowest BCUT2D eigenvalue weighted by molar-refractivity contribution is -0.159. The molecule has 8 nitrogen and oxygen atoms in total. The highest BCUT2D eigenvalue weighted by Crippen LogP contribution is 2.35. The molecule has 0 saturated heterocycles. The summed E-state index contributed by atoms with van der Waals surface area (Å²) in [5.74, 6) is -4.98. The van der Waals surface area contributed by atoms with Gasteiger partial charge in [0.05, 0.1) is 12.0 Å². The van der Waals surface area contributed by atoms with Crippen LogP contribution in [0.15, 0.2) is 91.0 Å². The van der Waals surface area contributed by atoms with E-state index in [9.17, 15) is 15.0 Å². The molecule has 39 heavy (non-hydrogen) atoms. The van der Waals surface area contributed by atoms with Gasteiger partial charge in [-0.1, -0.05) is 110 Å². The molecule has 3 rings (SSSR count). The number of nitrogens with one attached hydrogen (secondary N) is 1. The zero-order valence-corrected chi connectivity index (χ0v) is 21.9. The van der Waals surface area contributed by atoms with Crippen LogP contribution in [0.3, 0.4) is 0 Å². The summed E-state index contributed by atoms with van der Waals surface area (Å²) in [5.41, 5.74) is 3.03. The largest absolute Gasteiger partial charge is 0.481 e. The van der Waals surface area contributed by atoms with E-state index >= 15 is 0 Å². The Morgan fingerprint density at radius 1 is 0.615 bits per heavy atom. The van der Waals surface area contributed by atoms with Gasteiger partial charge in [-0.15, -0.1) is 0 Å². The Morgan fingerprint density at radius 2 is 1.05 bits per heavy atom. The Morgan fingerprint density at radius 3 is 1.49 bits per heavy atom. The predicted molar refractivity (Wildman–Crippen MR) is 148 cm³/mol. The van der Waals surface area contributed by atoms with Crippen LogP contribution in [0.1, 0.15) is 60.8 Å². The van der Waals surface area contributed by atoms with Gasteiger partial charge in [-0.25, -0.2) is 9.59 Å². The first-order valence-electron chi connectivity index (χ1n) is 13.0. The minimum atomic E-state index is -1.82. The summed E-state index contributed by atoms with van der Waals surface area (Å²) in [5, 5.41) is 38.3. The van der Waals surface area contributed by atoms with Crippen molar-refractivity contribution in [3.05, 3.63) is 108 Å². The van der Waals surface area contributed by atoms with Crippen LogP contribution < -0.4 is 5.32 Å². The summed E-state index contributed by atoms with van der Waals surface area (Å²) in [7, 11) is 0. The maximum Gasteiger partial charge on any atom is 0.414 e. The van der Waals surface area contributed by atoms with Crippen molar-refractivity contribution in [2.45, 2.75) is 44.1 Å². The fraction of sp³-hybridized carbons (Fsp3) is 0.323. The van der Waals surface area contributed by atoms with Crippen molar-refractivity contribution >= 4 is 17.9 Å². The monoisotopic (exact) mass is 535 g/mol. The molecule has 0 amide bonds. The van der Waals surface area contributed by atoms with E-state index in [1.165, 1.54) is 0 Å². The van der Waals surface area contributed by atoms with Crippen LogP contribution in [-0.4, -0.2) is 51.4 Å². The average Bonchev–Trinajstić information content (AvgIpc) is 2.95. The second-order valence-corrected chi connectivity index (χ2v) is 9.19. The number of unbranched alkanes of at least 4 members (excludes halogenated alkanes) is 3. The van der Waals surface area contributed by atoms with Crippen LogP contribution in [0.2, 0.25) is 0 Å². The number of aliphatic hydroxyl groups excluding tert-OH is 1. The summed E-state index contributed by atoms with van der Waals surface area (Å²) < 4.78 is 0. The van der Waals surface area contributed by atoms with Crippen molar-refractivity contribution in [3.63, 3.8) is 0 Å². The molecule has 0 saturated carbocycles. The molecule has 5 N–H and O–H groups in total. The first-order chi connectivity index (χ1) is 18.8. The molecule has 0 aliphatic carbocycles. The molecule has 0 aliphatic rings. The maximum atomic E-state index is 12.2. The molecule has 2 atom stereocenters. The van der Waals surface area contributed by atoms with E-state index in [2.05, 4.69) is 5.32 Å². The number of benzene rings is 3. The number of rotatable bonds is 14. The first-order valence-corrected chi connectivity index (χ1v) is 13.0. The van der Waals surface area contributed by atoms with Gasteiger partial charge < -0.3 is 25.7 Å². The van der Waals surface area contributed by atoms with Gasteiger partial charge in [-0.05, 0) is 36.1 Å². The highest BCUT2D eigenvalue weighted by molar-refractivity contribution is 6.27. The van der Waals surface area contributed by atoms with Crippen LogP contribution in [0.5, 0.6) is 0 Å². The van der Waals surface area contributed by atoms with Crippen molar-refractivity contribution in [2.24, 2.45) is 5.92 Å². The van der Waals surface area contributed by atoms with Crippen LogP contribution in [-0.2, 0) is 14.4 Å². The fourth-order valence-corrected chi connectivity index (χ4v) is 4.41. The standard InChI is InChI=1S/C29H35NO3.C2H2O4/c31-27(23-14-6-3-7-15-23)22-30-21-13-2-1-12-20-26(29(32)33)28(24-16-8-4-9-17-24)25-18-10-5-11-19-25;3-1(4)2(5)6/h3-11,14-19,26-28,30-31H,1-2,12-13,20-22H2,(H,32,33);(H,3,4)(H,5,6). The van der Waals surface area contributed by atoms with Gasteiger partial charge in [0.1, 0.15) is 0 Å². The molecule has 3 aromatic carbocycles. The number of aliphatic hydroxyl groups is 1. The maximum absolute atomic E-state index is 12.2. The van der Waals surface area contributed by atoms with Crippen molar-refractivity contribution in [1.29, 1.82) is 0 Å². The second-order valence-electron chi connectivity index (χ2n) is 9.19. The summed E-state index contributed by atoms with van der Waals surface area (Å²) in [6.07, 6.45) is 4.12. The van der Waals surface area contributed by atoms with Crippen molar-refractivity contribution in [3.8, 4) is 0 Å². The lowest BCUT2D eigenvalue weighted by atomic mass is 9.78. The average molecular weight is 536 g/mol. The van der Waals surface area contributed by atoms with Crippen molar-refractivity contribution in [2.75, 3.05) is 13.1 Å². The number of carbonyl (C=O) groups is 3. The molecule has 0 spiro atoms. The van der Waals surface area contributed by atoms with E-state index in [4.69, 9.17) is 19.8 Å². The van der Waals surface area contributed by atoms with Gasteiger partial charge in [0, 0.05) is 12.5 Å². The minimum Gasteiger partial charge on any atom is -0.481 e. The summed E-state index contributed by atoms with van der Waals surface area (Å²) in [4.78, 5) is 30.4. The van der Waals surface area contributed by atoms with Gasteiger partial charge in [0.2, 0.25) is 0 Å². The quantitative estimate of drug-likeness (QED) is 0.144. The SMILES string of the molecule is O=C(O)C(=O)O.O=C(O)C(CCCCCCNCC(O)c1ccccc1)C(c1ccccc1)c1ccccc1. The van der Waals surface area contributed by atoms with E-state index in [0.29, 0.717) is 13.0 Å². The molecule has 208 valence electrons. The summed E-state index contributed by atoms with van der Waals surface area (Å²) in [6.45, 7) is 1.39. The van der Waals surface area contributed by atoms with E-state index < -0.39 is 29.9 Å².